The number of nitrogen functional groups attached to an aromatic ring is 1. The molecule has 0 aliphatic heterocycles. The lowest BCUT2D eigenvalue weighted by atomic mass is 10.1. The van der Waals surface area contributed by atoms with Gasteiger partial charge in [-0.1, -0.05) is 0 Å². The molecule has 2 aromatic rings. The molecule has 0 saturated heterocycles. The molecule has 0 spiro atoms. The monoisotopic (exact) mass is 336 g/mol. The number of carboxylic acids is 1. The quantitative estimate of drug-likeness (QED) is 0.744. The van der Waals surface area contributed by atoms with Crippen molar-refractivity contribution in [2.24, 2.45) is 0 Å². The second-order valence-corrected chi connectivity index (χ2v) is 4.94. The molecule has 0 aromatic heterocycles. The van der Waals surface area contributed by atoms with Crippen LogP contribution < -0.4 is 15.8 Å². The first-order valence-corrected chi connectivity index (χ1v) is 6.54. The standard InChI is InChI=1S/C14H13BrN2O3/c1-20-13-5-3-9(7-11(13)15)17-8-2-4-12(16)10(6-8)14(18)19/h2-7,17H,16H2,1H3,(H,18,19). The lowest BCUT2D eigenvalue weighted by Gasteiger charge is -2.10. The molecular weight excluding hydrogens is 324 g/mol. The number of methoxy groups -OCH3 is 1. The summed E-state index contributed by atoms with van der Waals surface area (Å²) in [6.45, 7) is 0. The molecule has 2 rings (SSSR count). The summed E-state index contributed by atoms with van der Waals surface area (Å²) in [5.74, 6) is -0.332. The molecule has 0 heterocycles. The summed E-state index contributed by atoms with van der Waals surface area (Å²) < 4.78 is 5.95. The third kappa shape index (κ3) is 3.03. The van der Waals surface area contributed by atoms with Crippen molar-refractivity contribution in [2.45, 2.75) is 0 Å². The third-order valence-corrected chi connectivity index (χ3v) is 3.34. The minimum absolute atomic E-state index is 0.0718. The van der Waals surface area contributed by atoms with Crippen molar-refractivity contribution < 1.29 is 14.6 Å². The Balaban J connectivity index is 2.28. The fourth-order valence-electron chi connectivity index (χ4n) is 1.73. The Morgan fingerprint density at radius 3 is 2.50 bits per heavy atom. The van der Waals surface area contributed by atoms with E-state index in [0.717, 1.165) is 15.9 Å². The van der Waals surface area contributed by atoms with E-state index in [1.165, 1.54) is 6.07 Å². The molecule has 5 nitrogen and oxygen atoms in total. The fourth-order valence-corrected chi connectivity index (χ4v) is 2.27. The van der Waals surface area contributed by atoms with E-state index in [1.807, 2.05) is 18.2 Å². The maximum Gasteiger partial charge on any atom is 0.337 e. The van der Waals surface area contributed by atoms with Crippen LogP contribution in [0.3, 0.4) is 0 Å². The predicted molar refractivity (Wildman–Crippen MR) is 81.8 cm³/mol. The van der Waals surface area contributed by atoms with E-state index in [1.54, 1.807) is 19.2 Å². The molecule has 0 fully saturated rings. The van der Waals surface area contributed by atoms with Gasteiger partial charge in [-0.15, -0.1) is 0 Å². The molecule has 4 N–H and O–H groups in total. The Labute approximate surface area is 124 Å². The second-order valence-electron chi connectivity index (χ2n) is 4.08. The van der Waals surface area contributed by atoms with E-state index in [-0.39, 0.29) is 11.3 Å². The largest absolute Gasteiger partial charge is 0.496 e. The van der Waals surface area contributed by atoms with Gasteiger partial charge in [-0.25, -0.2) is 4.79 Å². The first-order chi connectivity index (χ1) is 9.51. The number of hydrogen-bond acceptors (Lipinski definition) is 4. The van der Waals surface area contributed by atoms with Crippen molar-refractivity contribution in [3.05, 3.63) is 46.4 Å². The lowest BCUT2D eigenvalue weighted by molar-refractivity contribution is 0.0698. The van der Waals surface area contributed by atoms with Crippen LogP contribution in [0.15, 0.2) is 40.9 Å². The summed E-state index contributed by atoms with van der Waals surface area (Å²) in [5, 5.41) is 12.2. The van der Waals surface area contributed by atoms with Crippen LogP contribution in [0, 0.1) is 0 Å². The van der Waals surface area contributed by atoms with E-state index in [2.05, 4.69) is 21.2 Å². The zero-order valence-corrected chi connectivity index (χ0v) is 12.3. The molecule has 0 bridgehead atoms. The molecule has 0 amide bonds. The Morgan fingerprint density at radius 1 is 1.25 bits per heavy atom. The molecule has 0 unspecified atom stereocenters. The van der Waals surface area contributed by atoms with Crippen LogP contribution in [0.25, 0.3) is 0 Å². The SMILES string of the molecule is COc1ccc(Nc2ccc(N)c(C(=O)O)c2)cc1Br. The van der Waals surface area contributed by atoms with Gasteiger partial charge < -0.3 is 20.9 Å². The molecule has 0 atom stereocenters. The van der Waals surface area contributed by atoms with Gasteiger partial charge in [0.15, 0.2) is 0 Å². The van der Waals surface area contributed by atoms with Crippen molar-refractivity contribution in [3.63, 3.8) is 0 Å². The van der Waals surface area contributed by atoms with Crippen LogP contribution in [-0.4, -0.2) is 18.2 Å². The van der Waals surface area contributed by atoms with E-state index >= 15 is 0 Å². The van der Waals surface area contributed by atoms with Crippen molar-refractivity contribution >= 4 is 39.0 Å². The van der Waals surface area contributed by atoms with Gasteiger partial charge in [0.25, 0.3) is 0 Å². The number of rotatable bonds is 4. The summed E-state index contributed by atoms with van der Waals surface area (Å²) in [6, 6.07) is 10.3. The Bertz CT molecular complexity index is 659. The summed E-state index contributed by atoms with van der Waals surface area (Å²) in [5.41, 5.74) is 7.37. The summed E-state index contributed by atoms with van der Waals surface area (Å²) in [6.07, 6.45) is 0. The molecule has 0 saturated carbocycles. The topological polar surface area (TPSA) is 84.6 Å². The normalized spacial score (nSPS) is 10.1. The molecular formula is C14H13BrN2O3. The van der Waals surface area contributed by atoms with Gasteiger partial charge in [-0.2, -0.15) is 0 Å². The van der Waals surface area contributed by atoms with Gasteiger partial charge >= 0.3 is 5.97 Å². The first-order valence-electron chi connectivity index (χ1n) is 5.74. The Kier molecular flexibility index (Phi) is 4.14. The van der Waals surface area contributed by atoms with Crippen LogP contribution in [0.5, 0.6) is 5.75 Å². The van der Waals surface area contributed by atoms with Gasteiger partial charge in [0.2, 0.25) is 0 Å². The van der Waals surface area contributed by atoms with Crippen LogP contribution >= 0.6 is 15.9 Å². The number of aromatic carboxylic acids is 1. The minimum atomic E-state index is -1.05. The van der Waals surface area contributed by atoms with Crippen LogP contribution in [0.2, 0.25) is 0 Å². The van der Waals surface area contributed by atoms with Crippen molar-refractivity contribution in [1.82, 2.24) is 0 Å². The molecule has 6 heteroatoms. The van der Waals surface area contributed by atoms with E-state index in [4.69, 9.17) is 15.6 Å². The summed E-state index contributed by atoms with van der Waals surface area (Å²) in [7, 11) is 1.59. The number of anilines is 3. The number of hydrogen-bond donors (Lipinski definition) is 3. The van der Waals surface area contributed by atoms with E-state index < -0.39 is 5.97 Å². The summed E-state index contributed by atoms with van der Waals surface area (Å²) in [4.78, 5) is 11.0. The third-order valence-electron chi connectivity index (χ3n) is 2.72. The number of benzene rings is 2. The number of carboxylic acid groups (broad SMARTS) is 1. The Hall–Kier alpha value is -2.21. The average Bonchev–Trinajstić information content (AvgIpc) is 2.41. The van der Waals surface area contributed by atoms with Crippen LogP contribution in [0.4, 0.5) is 17.1 Å². The highest BCUT2D eigenvalue weighted by atomic mass is 79.9. The van der Waals surface area contributed by atoms with Gasteiger partial charge in [-0.3, -0.25) is 0 Å². The second kappa shape index (κ2) is 5.83. The number of halogens is 1. The number of nitrogens with one attached hydrogen (secondary N) is 1. The molecule has 0 aliphatic carbocycles. The van der Waals surface area contributed by atoms with Crippen LogP contribution in [-0.2, 0) is 0 Å². The maximum absolute atomic E-state index is 11.0. The minimum Gasteiger partial charge on any atom is -0.496 e. The average molecular weight is 337 g/mol. The zero-order chi connectivity index (χ0) is 14.7. The fraction of sp³-hybridized carbons (Fsp3) is 0.0714. The highest BCUT2D eigenvalue weighted by Crippen LogP contribution is 2.29. The van der Waals surface area contributed by atoms with Crippen molar-refractivity contribution in [3.8, 4) is 5.75 Å². The molecule has 20 heavy (non-hydrogen) atoms. The molecule has 0 aliphatic rings. The zero-order valence-electron chi connectivity index (χ0n) is 10.7. The van der Waals surface area contributed by atoms with Gasteiger partial charge in [0, 0.05) is 17.1 Å². The van der Waals surface area contributed by atoms with Gasteiger partial charge in [-0.05, 0) is 52.3 Å². The Morgan fingerprint density at radius 2 is 1.90 bits per heavy atom. The van der Waals surface area contributed by atoms with Gasteiger partial charge in [0.1, 0.15) is 5.75 Å². The molecule has 2 aromatic carbocycles. The van der Waals surface area contributed by atoms with E-state index in [0.29, 0.717) is 5.69 Å². The number of carbonyl (C=O) groups is 1. The number of ether oxygens (including phenoxy) is 1. The lowest BCUT2D eigenvalue weighted by Crippen LogP contribution is -2.03. The van der Waals surface area contributed by atoms with Crippen LogP contribution in [0.1, 0.15) is 10.4 Å². The highest BCUT2D eigenvalue weighted by molar-refractivity contribution is 9.10. The van der Waals surface area contributed by atoms with Crippen molar-refractivity contribution in [1.29, 1.82) is 0 Å². The molecule has 104 valence electrons. The number of nitrogens with two attached hydrogens (primary N) is 1. The molecule has 0 radical (unpaired) electrons. The predicted octanol–water partition coefficient (Wildman–Crippen LogP) is 3.48. The smallest absolute Gasteiger partial charge is 0.337 e. The van der Waals surface area contributed by atoms with E-state index in [9.17, 15) is 4.79 Å². The maximum atomic E-state index is 11.0. The van der Waals surface area contributed by atoms with Gasteiger partial charge in [0.05, 0.1) is 17.1 Å². The highest BCUT2D eigenvalue weighted by Gasteiger charge is 2.09. The van der Waals surface area contributed by atoms with Crippen molar-refractivity contribution in [2.75, 3.05) is 18.2 Å². The first kappa shape index (κ1) is 14.2. The summed E-state index contributed by atoms with van der Waals surface area (Å²) >= 11 is 3.39.